The first-order valence-electron chi connectivity index (χ1n) is 15.8. The summed E-state index contributed by atoms with van der Waals surface area (Å²) in [7, 11) is 0. The molecule has 2 aromatic carbocycles. The number of aromatic hydroxyl groups is 1. The van der Waals surface area contributed by atoms with Gasteiger partial charge in [0, 0.05) is 19.4 Å². The van der Waals surface area contributed by atoms with E-state index in [2.05, 4.69) is 19.2 Å². The summed E-state index contributed by atoms with van der Waals surface area (Å²) in [5.74, 6) is -0.369. The average molecular weight is 623 g/mol. The first kappa shape index (κ1) is 33.8. The number of rotatable bonds is 12. The van der Waals surface area contributed by atoms with Crippen molar-refractivity contribution < 1.29 is 33.9 Å². The number of phenols is 1. The molecule has 0 aliphatic carbocycles. The number of nitrogens with zero attached hydrogens (tertiary/aromatic N) is 3. The molecular weight excluding hydrogens is 576 g/mol. The van der Waals surface area contributed by atoms with Crippen molar-refractivity contribution in [3.05, 3.63) is 65.7 Å². The zero-order valence-corrected chi connectivity index (χ0v) is 26.8. The molecule has 45 heavy (non-hydrogen) atoms. The summed E-state index contributed by atoms with van der Waals surface area (Å²) >= 11 is 0. The fourth-order valence-electron chi connectivity index (χ4n) is 5.72. The SMILES string of the molecule is CC(C)CCNC(=O)[C@H](CC(C)C)N1CC2N(C(=O)OCCc3ccc(O)cc3)O[C@H](Cc3ccccc3)C(=O)N2[C@@H](C)C1=O. The van der Waals surface area contributed by atoms with Crippen LogP contribution in [0.2, 0.25) is 0 Å². The monoisotopic (exact) mass is 622 g/mol. The number of carbonyl (C=O) groups is 4. The Morgan fingerprint density at radius 2 is 1.67 bits per heavy atom. The molecule has 2 aromatic rings. The number of carbonyl (C=O) groups excluding carboxylic acids is 4. The molecule has 11 heteroatoms. The van der Waals surface area contributed by atoms with Crippen molar-refractivity contribution in [2.75, 3.05) is 19.7 Å². The normalized spacial score (nSPS) is 20.8. The molecule has 11 nitrogen and oxygen atoms in total. The van der Waals surface area contributed by atoms with Gasteiger partial charge in [0.2, 0.25) is 11.8 Å². The van der Waals surface area contributed by atoms with Gasteiger partial charge in [-0.15, -0.1) is 0 Å². The van der Waals surface area contributed by atoms with Crippen molar-refractivity contribution in [1.29, 1.82) is 0 Å². The molecule has 0 saturated carbocycles. The number of phenolic OH excluding ortho intramolecular Hbond substituents is 1. The standard InChI is InChI=1S/C34H46N4O7/c1-22(2)15-17-35-31(40)28(19-23(3)4)36-21-30-37(24(5)32(36)41)33(42)29(20-26-9-7-6-8-10-26)45-38(30)34(43)44-18-16-25-11-13-27(39)14-12-25/h6-14,22-24,28-30,39H,15-21H2,1-5H3,(H,35,40)/t24-,28-,29+,30?/m0/s1. The topological polar surface area (TPSA) is 129 Å². The predicted molar refractivity (Wildman–Crippen MR) is 168 cm³/mol. The van der Waals surface area contributed by atoms with Crippen LogP contribution in [0.4, 0.5) is 4.79 Å². The fourth-order valence-corrected chi connectivity index (χ4v) is 5.72. The molecule has 2 saturated heterocycles. The smallest absolute Gasteiger partial charge is 0.436 e. The maximum Gasteiger partial charge on any atom is 0.436 e. The Balaban J connectivity index is 1.59. The molecule has 0 spiro atoms. The van der Waals surface area contributed by atoms with Crippen molar-refractivity contribution in [2.45, 2.75) is 84.7 Å². The van der Waals surface area contributed by atoms with Gasteiger partial charge in [0.05, 0.1) is 13.2 Å². The van der Waals surface area contributed by atoms with Crippen LogP contribution in [0.15, 0.2) is 54.6 Å². The summed E-state index contributed by atoms with van der Waals surface area (Å²) in [6, 6.07) is 14.2. The van der Waals surface area contributed by atoms with E-state index < -0.39 is 36.4 Å². The molecule has 2 heterocycles. The van der Waals surface area contributed by atoms with Crippen LogP contribution in [0.5, 0.6) is 5.75 Å². The molecule has 0 bridgehead atoms. The van der Waals surface area contributed by atoms with Gasteiger partial charge in [-0.3, -0.25) is 19.2 Å². The van der Waals surface area contributed by atoms with Crippen LogP contribution in [0.25, 0.3) is 0 Å². The first-order chi connectivity index (χ1) is 21.5. The molecule has 4 rings (SSSR count). The maximum absolute atomic E-state index is 13.9. The largest absolute Gasteiger partial charge is 0.508 e. The molecule has 2 fully saturated rings. The van der Waals surface area contributed by atoms with Crippen LogP contribution in [-0.4, -0.2) is 87.8 Å². The number of hydrogen-bond donors (Lipinski definition) is 2. The van der Waals surface area contributed by atoms with E-state index in [1.807, 2.05) is 44.2 Å². The highest BCUT2D eigenvalue weighted by molar-refractivity contribution is 5.94. The van der Waals surface area contributed by atoms with Crippen molar-refractivity contribution in [3.8, 4) is 5.75 Å². The lowest BCUT2D eigenvalue weighted by Gasteiger charge is -2.53. The fraction of sp³-hybridized carbons (Fsp3) is 0.529. The number of hydroxylamine groups is 2. The second-order valence-electron chi connectivity index (χ2n) is 12.7. The van der Waals surface area contributed by atoms with E-state index >= 15 is 0 Å². The van der Waals surface area contributed by atoms with Gasteiger partial charge in [0.15, 0.2) is 12.3 Å². The molecule has 0 radical (unpaired) electrons. The van der Waals surface area contributed by atoms with Gasteiger partial charge in [0.25, 0.3) is 5.91 Å². The Bertz CT molecular complexity index is 1320. The van der Waals surface area contributed by atoms with Crippen LogP contribution in [-0.2, 0) is 36.8 Å². The van der Waals surface area contributed by atoms with Crippen LogP contribution in [0, 0.1) is 11.8 Å². The van der Waals surface area contributed by atoms with E-state index in [0.29, 0.717) is 25.3 Å². The Hall–Kier alpha value is -4.12. The first-order valence-corrected chi connectivity index (χ1v) is 15.8. The molecule has 4 atom stereocenters. The highest BCUT2D eigenvalue weighted by Gasteiger charge is 2.53. The molecule has 2 N–H and O–H groups in total. The summed E-state index contributed by atoms with van der Waals surface area (Å²) < 4.78 is 5.62. The Kier molecular flexibility index (Phi) is 11.4. The van der Waals surface area contributed by atoms with Crippen LogP contribution in [0.3, 0.4) is 0 Å². The number of piperazine rings is 1. The van der Waals surface area contributed by atoms with Gasteiger partial charge in [0.1, 0.15) is 17.8 Å². The molecule has 2 aliphatic rings. The number of ether oxygens (including phenoxy) is 1. The Labute approximate surface area is 265 Å². The number of benzene rings is 2. The van der Waals surface area contributed by atoms with Crippen LogP contribution >= 0.6 is 0 Å². The van der Waals surface area contributed by atoms with E-state index in [1.54, 1.807) is 31.2 Å². The quantitative estimate of drug-likeness (QED) is 0.368. The number of fused-ring (bicyclic) bond motifs is 1. The number of hydrogen-bond acceptors (Lipinski definition) is 7. The van der Waals surface area contributed by atoms with E-state index in [1.165, 1.54) is 9.80 Å². The van der Waals surface area contributed by atoms with Gasteiger partial charge in [-0.25, -0.2) is 4.79 Å². The van der Waals surface area contributed by atoms with Crippen LogP contribution in [0.1, 0.15) is 58.6 Å². The third-order valence-corrected chi connectivity index (χ3v) is 8.17. The molecule has 1 unspecified atom stereocenters. The molecular formula is C34H46N4O7. The average Bonchev–Trinajstić information content (AvgIpc) is 3.00. The minimum atomic E-state index is -1.05. The minimum Gasteiger partial charge on any atom is -0.508 e. The van der Waals surface area contributed by atoms with E-state index in [9.17, 15) is 24.3 Å². The van der Waals surface area contributed by atoms with Crippen molar-refractivity contribution in [2.24, 2.45) is 11.8 Å². The van der Waals surface area contributed by atoms with Gasteiger partial charge in [-0.1, -0.05) is 70.2 Å². The summed E-state index contributed by atoms with van der Waals surface area (Å²) in [5.41, 5.74) is 1.70. The lowest BCUT2D eigenvalue weighted by molar-refractivity contribution is -0.266. The van der Waals surface area contributed by atoms with E-state index in [-0.39, 0.29) is 43.1 Å². The zero-order valence-electron chi connectivity index (χ0n) is 26.8. The van der Waals surface area contributed by atoms with Gasteiger partial charge in [-0.05, 0) is 54.9 Å². The highest BCUT2D eigenvalue weighted by Crippen LogP contribution is 2.31. The number of nitrogens with one attached hydrogen (secondary N) is 1. The van der Waals surface area contributed by atoms with Crippen molar-refractivity contribution in [3.63, 3.8) is 0 Å². The summed E-state index contributed by atoms with van der Waals surface area (Å²) in [6.07, 6.45) is -1.03. The molecule has 2 aliphatic heterocycles. The molecule has 4 amide bonds. The van der Waals surface area contributed by atoms with Crippen LogP contribution < -0.4 is 5.32 Å². The lowest BCUT2D eigenvalue weighted by Crippen LogP contribution is -2.74. The van der Waals surface area contributed by atoms with Gasteiger partial charge >= 0.3 is 6.09 Å². The van der Waals surface area contributed by atoms with Crippen molar-refractivity contribution in [1.82, 2.24) is 20.2 Å². The van der Waals surface area contributed by atoms with Gasteiger partial charge in [-0.2, -0.15) is 5.06 Å². The van der Waals surface area contributed by atoms with E-state index in [0.717, 1.165) is 22.6 Å². The Morgan fingerprint density at radius 3 is 2.31 bits per heavy atom. The number of amides is 4. The zero-order chi connectivity index (χ0) is 32.7. The third kappa shape index (κ3) is 8.54. The lowest BCUT2D eigenvalue weighted by atomic mass is 9.97. The van der Waals surface area contributed by atoms with Crippen molar-refractivity contribution >= 4 is 23.8 Å². The summed E-state index contributed by atoms with van der Waals surface area (Å²) in [4.78, 5) is 63.8. The minimum absolute atomic E-state index is 0.0277. The van der Waals surface area contributed by atoms with E-state index in [4.69, 9.17) is 9.57 Å². The third-order valence-electron chi connectivity index (χ3n) is 8.17. The second kappa shape index (κ2) is 15.2. The highest BCUT2D eigenvalue weighted by atomic mass is 16.7. The maximum atomic E-state index is 13.9. The summed E-state index contributed by atoms with van der Waals surface area (Å²) in [6.45, 7) is 10.2. The second-order valence-corrected chi connectivity index (χ2v) is 12.7. The molecule has 244 valence electrons. The van der Waals surface area contributed by atoms with Gasteiger partial charge < -0.3 is 25.0 Å². The summed E-state index contributed by atoms with van der Waals surface area (Å²) in [5, 5.41) is 13.6. The molecule has 0 aromatic heterocycles. The predicted octanol–water partition coefficient (Wildman–Crippen LogP) is 3.89. The Morgan fingerprint density at radius 1 is 0.978 bits per heavy atom.